The summed E-state index contributed by atoms with van der Waals surface area (Å²) in [6.45, 7) is 3.83. The molecule has 10 nitrogen and oxygen atoms in total. The van der Waals surface area contributed by atoms with Crippen molar-refractivity contribution < 1.29 is 23.4 Å². The lowest BCUT2D eigenvalue weighted by atomic mass is 9.95. The van der Waals surface area contributed by atoms with E-state index in [-0.39, 0.29) is 53.5 Å². The first-order valence-corrected chi connectivity index (χ1v) is 16.0. The fourth-order valence-electron chi connectivity index (χ4n) is 7.70. The van der Waals surface area contributed by atoms with E-state index in [4.69, 9.17) is 31.6 Å². The third-order valence-electron chi connectivity index (χ3n) is 9.95. The Morgan fingerprint density at radius 3 is 2.90 bits per heavy atom. The van der Waals surface area contributed by atoms with E-state index in [0.717, 1.165) is 24.9 Å². The first kappa shape index (κ1) is 30.1. The molecule has 0 bridgehead atoms. The normalized spacial score (nSPS) is 21.1. The summed E-state index contributed by atoms with van der Waals surface area (Å²) >= 11 is 0. The van der Waals surface area contributed by atoms with Crippen molar-refractivity contribution >= 4 is 33.3 Å². The van der Waals surface area contributed by atoms with Gasteiger partial charge in [-0.05, 0) is 56.0 Å². The number of terminal acetylenes is 1. The molecule has 2 fully saturated rings. The predicted octanol–water partition coefficient (Wildman–Crippen LogP) is 5.56. The first-order valence-electron chi connectivity index (χ1n) is 16.0. The summed E-state index contributed by atoms with van der Waals surface area (Å²) in [6.07, 6.45) is 8.63. The fraction of sp³-hybridized carbons (Fsp3) is 0.333. The predicted molar refractivity (Wildman–Crippen MR) is 178 cm³/mol. The van der Waals surface area contributed by atoms with Crippen LogP contribution < -0.4 is 20.1 Å². The van der Waals surface area contributed by atoms with Gasteiger partial charge in [0.05, 0.1) is 18.1 Å². The molecular formula is C36H33F2N7O3. The second kappa shape index (κ2) is 11.5. The molecule has 3 atom stereocenters. The van der Waals surface area contributed by atoms with Gasteiger partial charge in [0.1, 0.15) is 53.4 Å². The summed E-state index contributed by atoms with van der Waals surface area (Å²) in [5, 5.41) is 12.1. The SMILES string of the molecule is C#Cc1cccc2cc(O)cc(-c3nc4c5c(nc(OC[C@@]67CCCN6C[C@H](F)C7)nc5c3F)N([C@H](C)c3cccnc3N)CCO4)c12. The van der Waals surface area contributed by atoms with Crippen LogP contribution in [0.15, 0.2) is 48.7 Å². The lowest BCUT2D eigenvalue weighted by Gasteiger charge is -2.32. The number of pyridine rings is 2. The zero-order chi connectivity index (χ0) is 33.2. The molecule has 244 valence electrons. The van der Waals surface area contributed by atoms with Crippen molar-refractivity contribution in [3.63, 3.8) is 0 Å². The van der Waals surface area contributed by atoms with E-state index in [1.54, 1.807) is 36.5 Å². The number of nitrogens with zero attached hydrogens (tertiary/aromatic N) is 6. The third-order valence-corrected chi connectivity index (χ3v) is 9.95. The lowest BCUT2D eigenvalue weighted by molar-refractivity contribution is 0.107. The van der Waals surface area contributed by atoms with E-state index < -0.39 is 17.5 Å². The molecule has 0 spiro atoms. The van der Waals surface area contributed by atoms with Crippen LogP contribution in [0.5, 0.6) is 17.6 Å². The minimum atomic E-state index is -0.937. The number of benzene rings is 2. The molecule has 3 aliphatic heterocycles. The van der Waals surface area contributed by atoms with Gasteiger partial charge in [-0.3, -0.25) is 4.90 Å². The average molecular weight is 650 g/mol. The average Bonchev–Trinajstić information content (AvgIpc) is 3.54. The Balaban J connectivity index is 1.33. The van der Waals surface area contributed by atoms with Crippen molar-refractivity contribution in [2.24, 2.45) is 0 Å². The van der Waals surface area contributed by atoms with E-state index in [9.17, 15) is 9.50 Å². The number of alkyl halides is 1. The summed E-state index contributed by atoms with van der Waals surface area (Å²) < 4.78 is 44.2. The minimum Gasteiger partial charge on any atom is -0.508 e. The van der Waals surface area contributed by atoms with Gasteiger partial charge in [-0.2, -0.15) is 9.97 Å². The Morgan fingerprint density at radius 1 is 1.19 bits per heavy atom. The number of phenolic OH excluding ortho intramolecular Hbond substituents is 1. The molecule has 0 saturated carbocycles. The quantitative estimate of drug-likeness (QED) is 0.226. The van der Waals surface area contributed by atoms with Crippen LogP contribution in [-0.4, -0.2) is 74.5 Å². The van der Waals surface area contributed by atoms with E-state index in [1.165, 1.54) is 6.07 Å². The maximum atomic E-state index is 17.1. The number of aromatic nitrogens is 4. The van der Waals surface area contributed by atoms with Crippen LogP contribution in [0.4, 0.5) is 20.4 Å². The van der Waals surface area contributed by atoms with Gasteiger partial charge in [0.15, 0.2) is 5.82 Å². The van der Waals surface area contributed by atoms with Gasteiger partial charge in [-0.1, -0.05) is 24.1 Å². The highest BCUT2D eigenvalue weighted by atomic mass is 19.1. The molecule has 2 aromatic carbocycles. The molecule has 2 saturated heterocycles. The summed E-state index contributed by atoms with van der Waals surface area (Å²) in [4.78, 5) is 22.5. The van der Waals surface area contributed by atoms with Crippen molar-refractivity contribution in [2.45, 2.75) is 43.9 Å². The third kappa shape index (κ3) is 4.80. The number of nitrogen functional groups attached to an aromatic ring is 1. The molecule has 12 heteroatoms. The van der Waals surface area contributed by atoms with Crippen LogP contribution in [-0.2, 0) is 0 Å². The van der Waals surface area contributed by atoms with Crippen LogP contribution in [0.1, 0.15) is 43.4 Å². The smallest absolute Gasteiger partial charge is 0.319 e. The van der Waals surface area contributed by atoms with Gasteiger partial charge in [-0.15, -0.1) is 6.42 Å². The monoisotopic (exact) mass is 649 g/mol. The number of hydrogen-bond donors (Lipinski definition) is 2. The number of fused-ring (bicyclic) bond motifs is 2. The number of phenols is 1. The van der Waals surface area contributed by atoms with Crippen LogP contribution in [0, 0.1) is 18.2 Å². The van der Waals surface area contributed by atoms with Gasteiger partial charge in [0.25, 0.3) is 0 Å². The van der Waals surface area contributed by atoms with E-state index in [2.05, 4.69) is 20.8 Å². The number of aromatic hydroxyl groups is 1. The molecule has 6 heterocycles. The maximum Gasteiger partial charge on any atom is 0.319 e. The fourth-order valence-corrected chi connectivity index (χ4v) is 7.70. The zero-order valence-corrected chi connectivity index (χ0v) is 26.3. The minimum absolute atomic E-state index is 0.0497. The Bertz CT molecular complexity index is 2140. The van der Waals surface area contributed by atoms with Gasteiger partial charge >= 0.3 is 6.01 Å². The molecule has 8 rings (SSSR count). The van der Waals surface area contributed by atoms with Gasteiger partial charge in [-0.25, -0.2) is 18.7 Å². The Labute approximate surface area is 275 Å². The zero-order valence-electron chi connectivity index (χ0n) is 26.3. The van der Waals surface area contributed by atoms with Crippen LogP contribution in [0.25, 0.3) is 32.9 Å². The Morgan fingerprint density at radius 2 is 2.06 bits per heavy atom. The number of hydrogen-bond acceptors (Lipinski definition) is 10. The number of anilines is 2. The first-order chi connectivity index (χ1) is 23.3. The molecular weight excluding hydrogens is 616 g/mol. The largest absolute Gasteiger partial charge is 0.508 e. The number of rotatable bonds is 6. The number of nitrogens with two attached hydrogens (primary N) is 1. The Kier molecular flexibility index (Phi) is 7.18. The maximum absolute atomic E-state index is 17.1. The molecule has 0 amide bonds. The van der Waals surface area contributed by atoms with Gasteiger partial charge in [0.2, 0.25) is 5.88 Å². The molecule has 3 aromatic heterocycles. The molecule has 0 radical (unpaired) electrons. The van der Waals surface area contributed by atoms with E-state index in [1.807, 2.05) is 17.9 Å². The standard InChI is InChI=1S/C36H33F2N7O3/c1-3-21-7-4-8-22-15-24(46)16-26(27(21)22)30-29(38)31-28-33(43-35(42-31)48-19-36-10-6-12-44(36)18-23(37)17-36)45(13-14-47-34(28)41-30)20(2)25-9-5-11-40-32(25)39/h1,4-5,7-9,11,15-16,20,23,46H,6,10,12-14,17-19H2,2H3,(H2,39,40)/t20-,23-,36+/m1/s1. The molecule has 48 heavy (non-hydrogen) atoms. The summed E-state index contributed by atoms with van der Waals surface area (Å²) in [5.41, 5.74) is 7.22. The van der Waals surface area contributed by atoms with Gasteiger partial charge in [0, 0.05) is 41.2 Å². The van der Waals surface area contributed by atoms with E-state index in [0.29, 0.717) is 53.0 Å². The van der Waals surface area contributed by atoms with Crippen molar-refractivity contribution in [3.8, 4) is 41.2 Å². The topological polar surface area (TPSA) is 123 Å². The van der Waals surface area contributed by atoms with Gasteiger partial charge < -0.3 is 25.2 Å². The summed E-state index contributed by atoms with van der Waals surface area (Å²) in [6, 6.07) is 11.6. The van der Waals surface area contributed by atoms with E-state index >= 15 is 4.39 Å². The molecule has 0 aliphatic carbocycles. The summed E-state index contributed by atoms with van der Waals surface area (Å²) in [5.74, 6) is 2.67. The van der Waals surface area contributed by atoms with Crippen LogP contribution >= 0.6 is 0 Å². The molecule has 0 unspecified atom stereocenters. The van der Waals surface area contributed by atoms with Crippen molar-refractivity contribution in [1.82, 2.24) is 24.8 Å². The van der Waals surface area contributed by atoms with Crippen molar-refractivity contribution in [1.29, 1.82) is 0 Å². The number of halogens is 2. The highest BCUT2D eigenvalue weighted by Crippen LogP contribution is 2.45. The number of ether oxygens (including phenoxy) is 2. The van der Waals surface area contributed by atoms with Crippen LogP contribution in [0.2, 0.25) is 0 Å². The highest BCUT2D eigenvalue weighted by molar-refractivity contribution is 6.04. The molecule has 5 aromatic rings. The van der Waals surface area contributed by atoms with Crippen LogP contribution in [0.3, 0.4) is 0 Å². The highest BCUT2D eigenvalue weighted by Gasteiger charge is 2.49. The lowest BCUT2D eigenvalue weighted by Crippen LogP contribution is -2.43. The summed E-state index contributed by atoms with van der Waals surface area (Å²) in [7, 11) is 0. The Hall–Kier alpha value is -5.28. The van der Waals surface area contributed by atoms with Crippen molar-refractivity contribution in [3.05, 3.63) is 65.6 Å². The second-order valence-electron chi connectivity index (χ2n) is 12.7. The van der Waals surface area contributed by atoms with Crippen molar-refractivity contribution in [2.75, 3.05) is 43.5 Å². The molecule has 3 aliphatic rings. The molecule has 3 N–H and O–H groups in total. The second-order valence-corrected chi connectivity index (χ2v) is 12.7.